The third-order valence-corrected chi connectivity index (χ3v) is 4.61. The number of hydrogen-bond donors (Lipinski definition) is 0. The standard InChI is InChI=1S/C18H19NO2/c1-19(2)16-10-15(13-5-3-4-6-14(13)16)12-7-8-17-18(9-12)21-11-20-17/h3-9,15-16H,10-11H2,1-2H3. The van der Waals surface area contributed by atoms with Gasteiger partial charge in [0.25, 0.3) is 0 Å². The van der Waals surface area contributed by atoms with Gasteiger partial charge in [-0.25, -0.2) is 0 Å². The van der Waals surface area contributed by atoms with Gasteiger partial charge in [-0.15, -0.1) is 0 Å². The highest BCUT2D eigenvalue weighted by Gasteiger charge is 2.33. The molecule has 1 aliphatic heterocycles. The molecule has 2 aromatic carbocycles. The van der Waals surface area contributed by atoms with Crippen molar-refractivity contribution in [3.8, 4) is 11.5 Å². The van der Waals surface area contributed by atoms with Crippen LogP contribution in [0, 0.1) is 0 Å². The summed E-state index contributed by atoms with van der Waals surface area (Å²) in [4.78, 5) is 2.31. The van der Waals surface area contributed by atoms with E-state index < -0.39 is 0 Å². The molecule has 0 amide bonds. The maximum Gasteiger partial charge on any atom is 0.231 e. The molecule has 2 aliphatic rings. The van der Waals surface area contributed by atoms with E-state index in [4.69, 9.17) is 9.47 Å². The monoisotopic (exact) mass is 281 g/mol. The molecule has 4 rings (SSSR count). The number of nitrogens with zero attached hydrogens (tertiary/aromatic N) is 1. The Bertz CT molecular complexity index is 681. The number of ether oxygens (including phenoxy) is 2. The summed E-state index contributed by atoms with van der Waals surface area (Å²) in [5, 5.41) is 0. The van der Waals surface area contributed by atoms with Crippen LogP contribution in [-0.4, -0.2) is 25.8 Å². The molecular weight excluding hydrogens is 262 g/mol. The summed E-state index contributed by atoms with van der Waals surface area (Å²) in [5.74, 6) is 2.16. The number of benzene rings is 2. The van der Waals surface area contributed by atoms with Crippen LogP contribution >= 0.6 is 0 Å². The Hall–Kier alpha value is -2.00. The Labute approximate surface area is 125 Å². The fourth-order valence-electron chi connectivity index (χ4n) is 3.54. The molecule has 21 heavy (non-hydrogen) atoms. The molecule has 1 heterocycles. The number of fused-ring (bicyclic) bond motifs is 2. The van der Waals surface area contributed by atoms with Crippen LogP contribution in [0.15, 0.2) is 42.5 Å². The average molecular weight is 281 g/mol. The Balaban J connectivity index is 1.76. The van der Waals surface area contributed by atoms with Crippen LogP contribution in [0.2, 0.25) is 0 Å². The lowest BCUT2D eigenvalue weighted by atomic mass is 9.93. The lowest BCUT2D eigenvalue weighted by Gasteiger charge is -2.20. The first-order chi connectivity index (χ1) is 10.2. The maximum absolute atomic E-state index is 5.53. The second kappa shape index (κ2) is 4.78. The largest absolute Gasteiger partial charge is 0.454 e. The van der Waals surface area contributed by atoms with Gasteiger partial charge in [0.05, 0.1) is 0 Å². The molecule has 2 unspecified atom stereocenters. The minimum Gasteiger partial charge on any atom is -0.454 e. The highest BCUT2D eigenvalue weighted by atomic mass is 16.7. The van der Waals surface area contributed by atoms with Crippen LogP contribution in [0.3, 0.4) is 0 Å². The Kier molecular flexibility index (Phi) is 2.89. The maximum atomic E-state index is 5.53. The molecule has 0 N–H and O–H groups in total. The minimum absolute atomic E-state index is 0.334. The van der Waals surface area contributed by atoms with Crippen molar-refractivity contribution in [2.75, 3.05) is 20.9 Å². The van der Waals surface area contributed by atoms with Crippen molar-refractivity contribution < 1.29 is 9.47 Å². The van der Waals surface area contributed by atoms with Crippen molar-refractivity contribution in [1.29, 1.82) is 0 Å². The molecule has 0 bridgehead atoms. The van der Waals surface area contributed by atoms with Gasteiger partial charge in [-0.3, -0.25) is 0 Å². The van der Waals surface area contributed by atoms with E-state index in [1.807, 2.05) is 6.07 Å². The third kappa shape index (κ3) is 2.00. The van der Waals surface area contributed by atoms with E-state index in [9.17, 15) is 0 Å². The van der Waals surface area contributed by atoms with Crippen molar-refractivity contribution in [2.24, 2.45) is 0 Å². The summed E-state index contributed by atoms with van der Waals surface area (Å²) in [6.07, 6.45) is 1.12. The number of rotatable bonds is 2. The second-order valence-corrected chi connectivity index (χ2v) is 6.01. The highest BCUT2D eigenvalue weighted by molar-refractivity contribution is 5.50. The van der Waals surface area contributed by atoms with Gasteiger partial charge in [0.1, 0.15) is 0 Å². The van der Waals surface area contributed by atoms with Gasteiger partial charge in [-0.05, 0) is 49.3 Å². The summed E-state index contributed by atoms with van der Waals surface area (Å²) < 4.78 is 10.9. The zero-order valence-electron chi connectivity index (χ0n) is 12.4. The SMILES string of the molecule is CN(C)C1CC(c2ccc3c(c2)OCO3)c2ccccc21. The average Bonchev–Trinajstić information content (AvgIpc) is 3.10. The van der Waals surface area contributed by atoms with Gasteiger partial charge in [0.2, 0.25) is 6.79 Å². The van der Waals surface area contributed by atoms with E-state index in [1.165, 1.54) is 16.7 Å². The van der Waals surface area contributed by atoms with Crippen LogP contribution < -0.4 is 9.47 Å². The van der Waals surface area contributed by atoms with Gasteiger partial charge >= 0.3 is 0 Å². The van der Waals surface area contributed by atoms with E-state index in [0.29, 0.717) is 18.8 Å². The first-order valence-electron chi connectivity index (χ1n) is 7.39. The van der Waals surface area contributed by atoms with E-state index in [0.717, 1.165) is 17.9 Å². The van der Waals surface area contributed by atoms with Crippen molar-refractivity contribution in [3.63, 3.8) is 0 Å². The molecular formula is C18H19NO2. The predicted molar refractivity (Wildman–Crippen MR) is 81.9 cm³/mol. The summed E-state index contributed by atoms with van der Waals surface area (Å²) in [7, 11) is 4.31. The van der Waals surface area contributed by atoms with Crippen molar-refractivity contribution in [3.05, 3.63) is 59.2 Å². The third-order valence-electron chi connectivity index (χ3n) is 4.61. The molecule has 2 aromatic rings. The minimum atomic E-state index is 0.334. The van der Waals surface area contributed by atoms with E-state index in [1.54, 1.807) is 0 Å². The summed E-state index contributed by atoms with van der Waals surface area (Å²) >= 11 is 0. The predicted octanol–water partition coefficient (Wildman–Crippen LogP) is 3.55. The Morgan fingerprint density at radius 2 is 1.71 bits per heavy atom. The first kappa shape index (κ1) is 12.7. The highest BCUT2D eigenvalue weighted by Crippen LogP contribution is 2.47. The van der Waals surface area contributed by atoms with Gasteiger partial charge in [0.15, 0.2) is 11.5 Å². The normalized spacial score (nSPS) is 22.6. The van der Waals surface area contributed by atoms with Crippen molar-refractivity contribution in [2.45, 2.75) is 18.4 Å². The van der Waals surface area contributed by atoms with Gasteiger partial charge in [-0.1, -0.05) is 30.3 Å². The lowest BCUT2D eigenvalue weighted by molar-refractivity contribution is 0.174. The molecule has 3 nitrogen and oxygen atoms in total. The zero-order valence-corrected chi connectivity index (χ0v) is 12.4. The van der Waals surface area contributed by atoms with Crippen LogP contribution in [-0.2, 0) is 0 Å². The number of hydrogen-bond acceptors (Lipinski definition) is 3. The van der Waals surface area contributed by atoms with Crippen LogP contribution in [0.1, 0.15) is 35.1 Å². The fourth-order valence-corrected chi connectivity index (χ4v) is 3.54. The molecule has 0 radical (unpaired) electrons. The smallest absolute Gasteiger partial charge is 0.231 e. The van der Waals surface area contributed by atoms with E-state index in [2.05, 4.69) is 55.4 Å². The van der Waals surface area contributed by atoms with Crippen molar-refractivity contribution in [1.82, 2.24) is 4.90 Å². The molecule has 3 heteroatoms. The summed E-state index contributed by atoms with van der Waals surface area (Å²) in [6, 6.07) is 15.6. The molecule has 0 aromatic heterocycles. The molecule has 108 valence electrons. The van der Waals surface area contributed by atoms with E-state index in [-0.39, 0.29) is 0 Å². The summed E-state index contributed by atoms with van der Waals surface area (Å²) in [5.41, 5.74) is 4.20. The molecule has 0 saturated carbocycles. The Morgan fingerprint density at radius 1 is 0.952 bits per heavy atom. The molecule has 2 atom stereocenters. The van der Waals surface area contributed by atoms with Gasteiger partial charge in [-0.2, -0.15) is 0 Å². The molecule has 1 aliphatic carbocycles. The first-order valence-corrected chi connectivity index (χ1v) is 7.39. The van der Waals surface area contributed by atoms with Crippen LogP contribution in [0.5, 0.6) is 11.5 Å². The van der Waals surface area contributed by atoms with Crippen LogP contribution in [0.4, 0.5) is 0 Å². The van der Waals surface area contributed by atoms with Crippen LogP contribution in [0.25, 0.3) is 0 Å². The summed E-state index contributed by atoms with van der Waals surface area (Å²) in [6.45, 7) is 0.334. The topological polar surface area (TPSA) is 21.7 Å². The molecule has 0 spiro atoms. The van der Waals surface area contributed by atoms with E-state index >= 15 is 0 Å². The van der Waals surface area contributed by atoms with Gasteiger partial charge < -0.3 is 14.4 Å². The zero-order chi connectivity index (χ0) is 14.4. The second-order valence-electron chi connectivity index (χ2n) is 6.01. The lowest BCUT2D eigenvalue weighted by Crippen LogP contribution is -2.17. The quantitative estimate of drug-likeness (QED) is 0.840. The Morgan fingerprint density at radius 3 is 2.52 bits per heavy atom. The molecule has 0 fully saturated rings. The fraction of sp³-hybridized carbons (Fsp3) is 0.333. The van der Waals surface area contributed by atoms with Gasteiger partial charge in [0, 0.05) is 12.0 Å². The van der Waals surface area contributed by atoms with Crippen molar-refractivity contribution >= 4 is 0 Å². The molecule has 0 saturated heterocycles.